The smallest absolute Gasteiger partial charge is 0.408 e. The van der Waals surface area contributed by atoms with Crippen LogP contribution in [0.25, 0.3) is 10.8 Å². The number of carbonyl (C=O) groups excluding carboxylic acids is 3. The number of phenolic OH excluding ortho intramolecular Hbond substituents is 1. The molecule has 0 bridgehead atoms. The van der Waals surface area contributed by atoms with E-state index >= 15 is 0 Å². The van der Waals surface area contributed by atoms with Gasteiger partial charge in [0.15, 0.2) is 0 Å². The van der Waals surface area contributed by atoms with Gasteiger partial charge < -0.3 is 25.4 Å². The van der Waals surface area contributed by atoms with E-state index in [9.17, 15) is 19.5 Å². The molecule has 0 fully saturated rings. The van der Waals surface area contributed by atoms with E-state index in [1.54, 1.807) is 39.8 Å². The fraction of sp³-hybridized carbons (Fsp3) is 0.324. The van der Waals surface area contributed by atoms with Gasteiger partial charge in [-0.1, -0.05) is 80.1 Å². The van der Waals surface area contributed by atoms with Crippen molar-refractivity contribution in [2.75, 3.05) is 11.9 Å². The topological polar surface area (TPSA) is 108 Å². The highest BCUT2D eigenvalue weighted by Gasteiger charge is 2.36. The Morgan fingerprint density at radius 1 is 0.889 bits per heavy atom. The lowest BCUT2D eigenvalue weighted by atomic mass is 9.98. The highest BCUT2D eigenvalue weighted by Crippen LogP contribution is 2.29. The van der Waals surface area contributed by atoms with Crippen LogP contribution in [0.3, 0.4) is 0 Å². The van der Waals surface area contributed by atoms with Crippen LogP contribution >= 0.6 is 0 Å². The van der Waals surface area contributed by atoms with Crippen molar-refractivity contribution < 1.29 is 24.2 Å². The molecule has 236 valence electrons. The molecule has 3 N–H and O–H groups in total. The number of carbonyl (C=O) groups is 3. The monoisotopic (exact) mass is 609 g/mol. The largest absolute Gasteiger partial charge is 0.508 e. The first-order chi connectivity index (χ1) is 21.4. The first kappa shape index (κ1) is 33.1. The number of phenols is 1. The van der Waals surface area contributed by atoms with E-state index in [2.05, 4.69) is 10.6 Å². The summed E-state index contributed by atoms with van der Waals surface area (Å²) < 4.78 is 5.52. The number of alkyl carbamates (subject to hydrolysis) is 1. The molecular formula is C37H43N3O5. The molecule has 0 saturated carbocycles. The minimum atomic E-state index is -1.05. The van der Waals surface area contributed by atoms with Crippen molar-refractivity contribution in [2.45, 2.75) is 71.6 Å². The Labute approximate surface area is 265 Å². The minimum Gasteiger partial charge on any atom is -0.508 e. The maximum atomic E-state index is 14.6. The number of nitrogens with zero attached hydrogens (tertiary/aromatic N) is 1. The van der Waals surface area contributed by atoms with Gasteiger partial charge in [-0.2, -0.15) is 0 Å². The number of aromatic hydroxyl groups is 1. The summed E-state index contributed by atoms with van der Waals surface area (Å²) in [5.74, 6) is -0.731. The first-order valence-electron chi connectivity index (χ1n) is 15.4. The van der Waals surface area contributed by atoms with Crippen LogP contribution in [-0.2, 0) is 20.7 Å². The quantitative estimate of drug-likeness (QED) is 0.165. The molecule has 0 aliphatic rings. The Morgan fingerprint density at radius 3 is 2.24 bits per heavy atom. The average Bonchev–Trinajstić information content (AvgIpc) is 2.99. The normalized spacial score (nSPS) is 12.6. The molecule has 4 aromatic rings. The van der Waals surface area contributed by atoms with Crippen molar-refractivity contribution in [1.82, 2.24) is 10.2 Å². The van der Waals surface area contributed by atoms with Crippen molar-refractivity contribution in [3.8, 4) is 5.75 Å². The second-order valence-electron chi connectivity index (χ2n) is 12.3. The summed E-state index contributed by atoms with van der Waals surface area (Å²) in [5.41, 5.74) is 1.79. The highest BCUT2D eigenvalue weighted by atomic mass is 16.6. The number of fused-ring (bicyclic) bond motifs is 1. The summed E-state index contributed by atoms with van der Waals surface area (Å²) in [6.07, 6.45) is 0.896. The summed E-state index contributed by atoms with van der Waals surface area (Å²) in [7, 11) is 0. The summed E-state index contributed by atoms with van der Waals surface area (Å²) in [6, 6.07) is 25.8. The van der Waals surface area contributed by atoms with Gasteiger partial charge in [0, 0.05) is 18.7 Å². The SMILES string of the molecule is CCCCN(C(=O)C(Cc1ccccc1)NC(=O)OC(C)(C)C)C(C(=O)Nc1ccc2ccccc2c1)c1ccc(O)c(C)c1. The van der Waals surface area contributed by atoms with E-state index < -0.39 is 35.6 Å². The zero-order chi connectivity index (χ0) is 32.6. The van der Waals surface area contributed by atoms with Crippen molar-refractivity contribution in [3.63, 3.8) is 0 Å². The number of ether oxygens (including phenoxy) is 1. The molecule has 2 unspecified atom stereocenters. The van der Waals surface area contributed by atoms with Crippen molar-refractivity contribution in [1.29, 1.82) is 0 Å². The van der Waals surface area contributed by atoms with Gasteiger partial charge in [-0.05, 0) is 85.8 Å². The molecule has 3 amide bonds. The van der Waals surface area contributed by atoms with E-state index in [0.717, 1.165) is 22.8 Å². The molecule has 45 heavy (non-hydrogen) atoms. The fourth-order valence-corrected chi connectivity index (χ4v) is 5.19. The lowest BCUT2D eigenvalue weighted by Gasteiger charge is -2.35. The van der Waals surface area contributed by atoms with Crippen molar-refractivity contribution in [2.24, 2.45) is 0 Å². The van der Waals surface area contributed by atoms with Crippen molar-refractivity contribution in [3.05, 3.63) is 108 Å². The van der Waals surface area contributed by atoms with E-state index in [0.29, 0.717) is 23.2 Å². The van der Waals surface area contributed by atoms with Gasteiger partial charge in [0.25, 0.3) is 5.91 Å². The Hall–Kier alpha value is -4.85. The van der Waals surface area contributed by atoms with E-state index in [4.69, 9.17) is 4.74 Å². The number of nitrogens with one attached hydrogen (secondary N) is 2. The maximum Gasteiger partial charge on any atom is 0.408 e. The van der Waals surface area contributed by atoms with Crippen LogP contribution in [0.15, 0.2) is 91.0 Å². The van der Waals surface area contributed by atoms with Gasteiger partial charge >= 0.3 is 6.09 Å². The molecular weight excluding hydrogens is 566 g/mol. The molecule has 8 heteroatoms. The molecule has 8 nitrogen and oxygen atoms in total. The lowest BCUT2D eigenvalue weighted by Crippen LogP contribution is -2.53. The Morgan fingerprint density at radius 2 is 1.58 bits per heavy atom. The van der Waals surface area contributed by atoms with Crippen LogP contribution < -0.4 is 10.6 Å². The standard InChI is InChI=1S/C37H43N3O5/c1-6-7-21-40(35(43)31(23-26-13-9-8-10-14-26)39-36(44)45-37(3,4)5)33(29-18-20-32(41)25(2)22-29)34(42)38-30-19-17-27-15-11-12-16-28(27)24-30/h8-20,22,24,31,33,41H,6-7,21,23H2,1-5H3,(H,38,42)(H,39,44). The highest BCUT2D eigenvalue weighted by molar-refractivity contribution is 6.00. The number of hydrogen-bond acceptors (Lipinski definition) is 5. The molecule has 0 heterocycles. The van der Waals surface area contributed by atoms with Crippen LogP contribution in [0.2, 0.25) is 0 Å². The average molecular weight is 610 g/mol. The Kier molecular flexibility index (Phi) is 10.8. The van der Waals surface area contributed by atoms with Gasteiger partial charge in [0.05, 0.1) is 0 Å². The Balaban J connectivity index is 1.76. The van der Waals surface area contributed by atoms with Gasteiger partial charge in [-0.3, -0.25) is 9.59 Å². The lowest BCUT2D eigenvalue weighted by molar-refractivity contribution is -0.140. The van der Waals surface area contributed by atoms with E-state index in [1.807, 2.05) is 79.7 Å². The number of rotatable bonds is 11. The number of amides is 3. The predicted octanol–water partition coefficient (Wildman–Crippen LogP) is 7.30. The molecule has 2 atom stereocenters. The number of unbranched alkanes of at least 4 members (excludes halogenated alkanes) is 1. The van der Waals surface area contributed by atoms with E-state index in [1.165, 1.54) is 11.0 Å². The van der Waals surface area contributed by atoms with Gasteiger partial charge in [0.1, 0.15) is 23.4 Å². The molecule has 0 spiro atoms. The maximum absolute atomic E-state index is 14.6. The van der Waals surface area contributed by atoms with Crippen molar-refractivity contribution >= 4 is 34.4 Å². The zero-order valence-electron chi connectivity index (χ0n) is 26.7. The third kappa shape index (κ3) is 9.08. The number of aryl methyl sites for hydroxylation is 1. The molecule has 0 aromatic heterocycles. The van der Waals surface area contributed by atoms with E-state index in [-0.39, 0.29) is 18.7 Å². The summed E-state index contributed by atoms with van der Waals surface area (Å²) >= 11 is 0. The fourth-order valence-electron chi connectivity index (χ4n) is 5.19. The number of benzene rings is 4. The van der Waals surface area contributed by atoms with Crippen LogP contribution in [0.1, 0.15) is 63.3 Å². The van der Waals surface area contributed by atoms with Crippen LogP contribution in [0, 0.1) is 6.92 Å². The molecule has 0 radical (unpaired) electrons. The summed E-state index contributed by atoms with van der Waals surface area (Å²) in [6.45, 7) is 9.30. The van der Waals surface area contributed by atoms with Crippen LogP contribution in [-0.4, -0.2) is 46.1 Å². The second-order valence-corrected chi connectivity index (χ2v) is 12.3. The van der Waals surface area contributed by atoms with Gasteiger partial charge in [-0.15, -0.1) is 0 Å². The zero-order valence-corrected chi connectivity index (χ0v) is 26.7. The summed E-state index contributed by atoms with van der Waals surface area (Å²) in [4.78, 5) is 43.4. The number of hydrogen-bond donors (Lipinski definition) is 3. The molecule has 0 aliphatic carbocycles. The second kappa shape index (κ2) is 14.8. The Bertz CT molecular complexity index is 1630. The van der Waals surface area contributed by atoms with Gasteiger partial charge in [0.2, 0.25) is 5.91 Å². The molecule has 4 aromatic carbocycles. The predicted molar refractivity (Wildman–Crippen MR) is 178 cm³/mol. The van der Waals surface area contributed by atoms with Gasteiger partial charge in [-0.25, -0.2) is 4.79 Å². The number of anilines is 1. The molecule has 0 saturated heterocycles. The first-order valence-corrected chi connectivity index (χ1v) is 15.4. The van der Waals surface area contributed by atoms with Crippen LogP contribution in [0.5, 0.6) is 5.75 Å². The third-order valence-electron chi connectivity index (χ3n) is 7.42. The molecule has 4 rings (SSSR count). The van der Waals surface area contributed by atoms with Crippen LogP contribution in [0.4, 0.5) is 10.5 Å². The minimum absolute atomic E-state index is 0.0902. The third-order valence-corrected chi connectivity index (χ3v) is 7.42. The summed E-state index contributed by atoms with van der Waals surface area (Å²) in [5, 5.41) is 18.1. The molecule has 0 aliphatic heterocycles.